The zero-order valence-electron chi connectivity index (χ0n) is 12.5. The number of hydrogen-bond donors (Lipinski definition) is 1. The van der Waals surface area contributed by atoms with Crippen molar-refractivity contribution in [1.29, 1.82) is 0 Å². The average molecular weight is 261 g/mol. The molecule has 1 aromatic rings. The molecule has 0 spiro atoms. The molecule has 0 aromatic heterocycles. The van der Waals surface area contributed by atoms with Crippen LogP contribution in [0.5, 0.6) is 0 Å². The summed E-state index contributed by atoms with van der Waals surface area (Å²) in [5.74, 6) is 0.743. The first kappa shape index (κ1) is 14.5. The van der Waals surface area contributed by atoms with E-state index in [2.05, 4.69) is 43.4 Å². The maximum absolute atomic E-state index is 5.23. The van der Waals surface area contributed by atoms with Crippen LogP contribution in [-0.2, 0) is 17.8 Å². The molecule has 1 N–H and O–H groups in total. The molecule has 1 saturated heterocycles. The Bertz CT molecular complexity index is 394. The molecule has 0 bridgehead atoms. The first-order chi connectivity index (χ1) is 9.13. The Morgan fingerprint density at radius 3 is 2.74 bits per heavy atom. The predicted molar refractivity (Wildman–Crippen MR) is 80.3 cm³/mol. The van der Waals surface area contributed by atoms with Crippen molar-refractivity contribution in [3.05, 3.63) is 35.4 Å². The summed E-state index contributed by atoms with van der Waals surface area (Å²) in [6.07, 6.45) is 5.02. The summed E-state index contributed by atoms with van der Waals surface area (Å²) in [6.45, 7) is 6.52. The molecule has 1 aliphatic heterocycles. The topological polar surface area (TPSA) is 21.3 Å². The minimum atomic E-state index is 0.319. The van der Waals surface area contributed by atoms with Crippen molar-refractivity contribution in [2.45, 2.75) is 51.7 Å². The number of methoxy groups -OCH3 is 1. The van der Waals surface area contributed by atoms with E-state index in [-0.39, 0.29) is 0 Å². The highest BCUT2D eigenvalue weighted by Crippen LogP contribution is 2.30. The van der Waals surface area contributed by atoms with Gasteiger partial charge in [0.25, 0.3) is 0 Å². The van der Waals surface area contributed by atoms with Crippen LogP contribution < -0.4 is 5.32 Å². The van der Waals surface area contributed by atoms with Gasteiger partial charge in [-0.3, -0.25) is 0 Å². The van der Waals surface area contributed by atoms with Gasteiger partial charge in [0, 0.05) is 12.6 Å². The van der Waals surface area contributed by atoms with Gasteiger partial charge in [-0.15, -0.1) is 0 Å². The van der Waals surface area contributed by atoms with Gasteiger partial charge in [-0.05, 0) is 49.3 Å². The Kier molecular flexibility index (Phi) is 5.00. The van der Waals surface area contributed by atoms with Gasteiger partial charge in [0.05, 0.1) is 6.61 Å². The summed E-state index contributed by atoms with van der Waals surface area (Å²) in [5, 5.41) is 3.77. The summed E-state index contributed by atoms with van der Waals surface area (Å²) in [5.41, 5.74) is 3.03. The minimum absolute atomic E-state index is 0.319. The minimum Gasteiger partial charge on any atom is -0.380 e. The molecule has 1 fully saturated rings. The Balaban J connectivity index is 2.10. The van der Waals surface area contributed by atoms with E-state index in [1.807, 2.05) is 0 Å². The summed E-state index contributed by atoms with van der Waals surface area (Å²) in [6, 6.07) is 8.85. The summed E-state index contributed by atoms with van der Waals surface area (Å²) >= 11 is 0. The summed E-state index contributed by atoms with van der Waals surface area (Å²) in [7, 11) is 1.76. The van der Waals surface area contributed by atoms with Crippen LogP contribution in [0.1, 0.15) is 44.2 Å². The van der Waals surface area contributed by atoms with Gasteiger partial charge < -0.3 is 10.1 Å². The van der Waals surface area contributed by atoms with Gasteiger partial charge >= 0.3 is 0 Å². The number of rotatable bonds is 6. The lowest BCUT2D eigenvalue weighted by Gasteiger charge is -2.32. The Labute approximate surface area is 117 Å². The van der Waals surface area contributed by atoms with E-state index in [9.17, 15) is 0 Å². The first-order valence-corrected chi connectivity index (χ1v) is 7.45. The number of ether oxygens (including phenoxy) is 1. The second kappa shape index (κ2) is 6.53. The van der Waals surface area contributed by atoms with E-state index in [4.69, 9.17) is 4.74 Å². The van der Waals surface area contributed by atoms with Crippen LogP contribution in [0.3, 0.4) is 0 Å². The van der Waals surface area contributed by atoms with Gasteiger partial charge in [0.2, 0.25) is 0 Å². The molecule has 1 heterocycles. The van der Waals surface area contributed by atoms with Crippen LogP contribution >= 0.6 is 0 Å². The zero-order chi connectivity index (χ0) is 13.7. The monoisotopic (exact) mass is 261 g/mol. The van der Waals surface area contributed by atoms with Gasteiger partial charge in [0.1, 0.15) is 0 Å². The van der Waals surface area contributed by atoms with Gasteiger partial charge in [-0.1, -0.05) is 38.1 Å². The van der Waals surface area contributed by atoms with Crippen LogP contribution in [0.4, 0.5) is 0 Å². The van der Waals surface area contributed by atoms with E-state index < -0.39 is 0 Å². The quantitative estimate of drug-likeness (QED) is 0.845. The molecule has 0 amide bonds. The molecule has 2 heteroatoms. The molecular weight excluding hydrogens is 234 g/mol. The van der Waals surface area contributed by atoms with Crippen LogP contribution in [0.2, 0.25) is 0 Å². The number of nitrogens with one attached hydrogen (secondary N) is 1. The van der Waals surface area contributed by atoms with Crippen molar-refractivity contribution in [1.82, 2.24) is 5.32 Å². The molecule has 1 unspecified atom stereocenters. The maximum Gasteiger partial charge on any atom is 0.0713 e. The summed E-state index contributed by atoms with van der Waals surface area (Å²) < 4.78 is 5.23. The fourth-order valence-corrected chi connectivity index (χ4v) is 3.43. The van der Waals surface area contributed by atoms with Crippen LogP contribution in [-0.4, -0.2) is 19.2 Å². The molecule has 0 aliphatic carbocycles. The van der Waals surface area contributed by atoms with Crippen molar-refractivity contribution in [3.8, 4) is 0 Å². The average Bonchev–Trinajstić information content (AvgIpc) is 2.77. The van der Waals surface area contributed by atoms with Crippen molar-refractivity contribution in [2.75, 3.05) is 13.7 Å². The van der Waals surface area contributed by atoms with Gasteiger partial charge in [-0.2, -0.15) is 0 Å². The van der Waals surface area contributed by atoms with E-state index in [1.54, 1.807) is 7.11 Å². The lowest BCUT2D eigenvalue weighted by Crippen LogP contribution is -2.43. The molecule has 1 aromatic carbocycles. The number of hydrogen-bond acceptors (Lipinski definition) is 2. The molecule has 2 nitrogen and oxygen atoms in total. The van der Waals surface area contributed by atoms with E-state index >= 15 is 0 Å². The zero-order valence-corrected chi connectivity index (χ0v) is 12.5. The molecule has 2 rings (SSSR count). The summed E-state index contributed by atoms with van der Waals surface area (Å²) in [4.78, 5) is 0. The van der Waals surface area contributed by atoms with Crippen molar-refractivity contribution < 1.29 is 4.74 Å². The standard InChI is InChI=1S/C17H27NO/c1-14(2)11-17(8-5-9-18-17)12-15-6-4-7-16(10-15)13-19-3/h4,6-7,10,14,18H,5,8-9,11-13H2,1-3H3. The Morgan fingerprint density at radius 2 is 2.11 bits per heavy atom. The van der Waals surface area contributed by atoms with E-state index in [0.717, 1.165) is 12.3 Å². The second-order valence-electron chi connectivity index (χ2n) is 6.34. The maximum atomic E-state index is 5.23. The van der Waals surface area contributed by atoms with Gasteiger partial charge in [-0.25, -0.2) is 0 Å². The Morgan fingerprint density at radius 1 is 1.32 bits per heavy atom. The highest BCUT2D eigenvalue weighted by molar-refractivity contribution is 5.25. The third-order valence-electron chi connectivity index (χ3n) is 3.98. The lowest BCUT2D eigenvalue weighted by molar-refractivity contribution is 0.185. The lowest BCUT2D eigenvalue weighted by atomic mass is 9.82. The van der Waals surface area contributed by atoms with Crippen molar-refractivity contribution >= 4 is 0 Å². The van der Waals surface area contributed by atoms with Crippen LogP contribution in [0.25, 0.3) is 0 Å². The molecule has 0 saturated carbocycles. The largest absolute Gasteiger partial charge is 0.380 e. The fourth-order valence-electron chi connectivity index (χ4n) is 3.43. The second-order valence-corrected chi connectivity index (χ2v) is 6.34. The molecule has 1 atom stereocenters. The van der Waals surface area contributed by atoms with E-state index in [1.165, 1.54) is 36.9 Å². The molecule has 1 aliphatic rings. The van der Waals surface area contributed by atoms with Crippen molar-refractivity contribution in [3.63, 3.8) is 0 Å². The molecular formula is C17H27NO. The Hall–Kier alpha value is -0.860. The SMILES string of the molecule is COCc1cccc(CC2(CC(C)C)CCCN2)c1. The highest BCUT2D eigenvalue weighted by Gasteiger charge is 2.33. The smallest absolute Gasteiger partial charge is 0.0713 e. The van der Waals surface area contributed by atoms with Crippen LogP contribution in [0.15, 0.2) is 24.3 Å². The molecule has 19 heavy (non-hydrogen) atoms. The predicted octanol–water partition coefficient (Wildman–Crippen LogP) is 3.54. The molecule has 106 valence electrons. The highest BCUT2D eigenvalue weighted by atomic mass is 16.5. The molecule has 0 radical (unpaired) electrons. The first-order valence-electron chi connectivity index (χ1n) is 7.45. The third kappa shape index (κ3) is 4.05. The van der Waals surface area contributed by atoms with E-state index in [0.29, 0.717) is 12.1 Å². The van der Waals surface area contributed by atoms with Gasteiger partial charge in [0.15, 0.2) is 0 Å². The van der Waals surface area contributed by atoms with Crippen molar-refractivity contribution in [2.24, 2.45) is 5.92 Å². The fraction of sp³-hybridized carbons (Fsp3) is 0.647. The third-order valence-corrected chi connectivity index (χ3v) is 3.98. The normalized spacial score (nSPS) is 23.2. The number of benzene rings is 1. The van der Waals surface area contributed by atoms with Crippen LogP contribution in [0, 0.1) is 5.92 Å².